The highest BCUT2D eigenvalue weighted by atomic mass is 32.2. The molecule has 0 atom stereocenters. The number of benzene rings is 1. The van der Waals surface area contributed by atoms with Gasteiger partial charge in [-0.3, -0.25) is 4.79 Å². The molecule has 1 aliphatic heterocycles. The van der Waals surface area contributed by atoms with Crippen LogP contribution in [0.3, 0.4) is 0 Å². The van der Waals surface area contributed by atoms with E-state index in [9.17, 15) is 22.0 Å². The summed E-state index contributed by atoms with van der Waals surface area (Å²) in [6.45, 7) is 2.26. The number of nitrogens with zero attached hydrogens (tertiary/aromatic N) is 2. The monoisotopic (exact) mass is 356 g/mol. The van der Waals surface area contributed by atoms with E-state index in [4.69, 9.17) is 0 Å². The Morgan fingerprint density at radius 2 is 1.79 bits per heavy atom. The molecular weight excluding hydrogens is 338 g/mol. The van der Waals surface area contributed by atoms with Gasteiger partial charge in [-0.15, -0.1) is 0 Å². The maximum atomic E-state index is 13.7. The lowest BCUT2D eigenvalue weighted by atomic mass is 10.3. The Morgan fingerprint density at radius 1 is 1.12 bits per heavy atom. The van der Waals surface area contributed by atoms with E-state index in [-0.39, 0.29) is 32.1 Å². The van der Waals surface area contributed by atoms with Crippen molar-refractivity contribution >= 4 is 15.9 Å². The second kappa shape index (κ2) is 7.67. The first-order valence-electron chi connectivity index (χ1n) is 7.39. The molecule has 24 heavy (non-hydrogen) atoms. The molecule has 1 amide bonds. The van der Waals surface area contributed by atoms with Gasteiger partial charge >= 0.3 is 0 Å². The Morgan fingerprint density at radius 3 is 2.42 bits per heavy atom. The van der Waals surface area contributed by atoms with E-state index in [2.05, 4.69) is 0 Å². The Hall–Kier alpha value is -2.06. The van der Waals surface area contributed by atoms with Crippen LogP contribution in [0.25, 0.3) is 0 Å². The van der Waals surface area contributed by atoms with Crippen LogP contribution in [0, 0.1) is 11.6 Å². The fraction of sp³-hybridized carbons (Fsp3) is 0.312. The SMILES string of the molecule is CC=CC=CC(=O)N1CCN(S(=O)(=O)c2cc(F)ccc2F)CC1. The molecular formula is C16H18F2N2O3S. The van der Waals surface area contributed by atoms with E-state index in [1.807, 2.05) is 6.92 Å². The molecule has 0 saturated carbocycles. The van der Waals surface area contributed by atoms with Gasteiger partial charge in [-0.2, -0.15) is 4.31 Å². The lowest BCUT2D eigenvalue weighted by Crippen LogP contribution is -2.50. The Labute approximate surface area is 139 Å². The minimum Gasteiger partial charge on any atom is -0.337 e. The molecule has 1 aromatic carbocycles. The van der Waals surface area contributed by atoms with E-state index in [1.165, 1.54) is 11.0 Å². The van der Waals surface area contributed by atoms with Gasteiger partial charge < -0.3 is 4.90 Å². The van der Waals surface area contributed by atoms with Crippen LogP contribution < -0.4 is 0 Å². The van der Waals surface area contributed by atoms with Crippen molar-refractivity contribution in [3.05, 3.63) is 54.1 Å². The molecule has 1 aliphatic rings. The molecule has 0 N–H and O–H groups in total. The summed E-state index contributed by atoms with van der Waals surface area (Å²) in [5.74, 6) is -2.04. The molecule has 0 aromatic heterocycles. The van der Waals surface area contributed by atoms with Crippen LogP contribution in [0.1, 0.15) is 6.92 Å². The molecule has 0 spiro atoms. The number of carbonyl (C=O) groups is 1. The third-order valence-corrected chi connectivity index (χ3v) is 5.52. The van der Waals surface area contributed by atoms with Gasteiger partial charge in [0.05, 0.1) is 0 Å². The fourth-order valence-electron chi connectivity index (χ4n) is 2.32. The minimum atomic E-state index is -4.13. The zero-order chi connectivity index (χ0) is 17.7. The number of sulfonamides is 1. The number of halogens is 2. The second-order valence-electron chi connectivity index (χ2n) is 5.19. The van der Waals surface area contributed by atoms with Crippen LogP contribution in [-0.2, 0) is 14.8 Å². The first-order valence-corrected chi connectivity index (χ1v) is 8.83. The standard InChI is InChI=1S/C16H18F2N2O3S/c1-2-3-4-5-16(21)19-8-10-20(11-9-19)24(22,23)15-12-13(17)6-7-14(15)18/h2-7,12H,8-11H2,1H3. The zero-order valence-electron chi connectivity index (χ0n) is 13.2. The largest absolute Gasteiger partial charge is 0.337 e. The highest BCUT2D eigenvalue weighted by Crippen LogP contribution is 2.21. The molecule has 2 rings (SSSR count). The Kier molecular flexibility index (Phi) is 5.84. The lowest BCUT2D eigenvalue weighted by molar-refractivity contribution is -0.127. The van der Waals surface area contributed by atoms with Crippen LogP contribution in [-0.4, -0.2) is 49.7 Å². The minimum absolute atomic E-state index is 0.0292. The zero-order valence-corrected chi connectivity index (χ0v) is 14.0. The lowest BCUT2D eigenvalue weighted by Gasteiger charge is -2.33. The number of amides is 1. The number of allylic oxidation sites excluding steroid dienone is 3. The molecule has 1 heterocycles. The Bertz CT molecular complexity index is 768. The summed E-state index contributed by atoms with van der Waals surface area (Å²) < 4.78 is 52.9. The third kappa shape index (κ3) is 4.07. The Balaban J connectivity index is 2.08. The molecule has 8 heteroatoms. The van der Waals surface area contributed by atoms with Crippen molar-refractivity contribution in [3.63, 3.8) is 0 Å². The van der Waals surface area contributed by atoms with Crippen LogP contribution in [0.2, 0.25) is 0 Å². The van der Waals surface area contributed by atoms with Gasteiger partial charge in [0.2, 0.25) is 15.9 Å². The van der Waals surface area contributed by atoms with Crippen LogP contribution in [0.4, 0.5) is 8.78 Å². The molecule has 0 aliphatic carbocycles. The van der Waals surface area contributed by atoms with E-state index in [0.29, 0.717) is 6.07 Å². The van der Waals surface area contributed by atoms with Gasteiger partial charge in [0.25, 0.3) is 0 Å². The topological polar surface area (TPSA) is 57.7 Å². The van der Waals surface area contributed by atoms with Gasteiger partial charge in [-0.1, -0.05) is 18.2 Å². The molecule has 1 fully saturated rings. The van der Waals surface area contributed by atoms with Crippen molar-refractivity contribution in [1.29, 1.82) is 0 Å². The summed E-state index contributed by atoms with van der Waals surface area (Å²) in [6, 6.07) is 2.32. The second-order valence-corrected chi connectivity index (χ2v) is 7.10. The molecule has 5 nitrogen and oxygen atoms in total. The van der Waals surface area contributed by atoms with Crippen molar-refractivity contribution in [2.75, 3.05) is 26.2 Å². The van der Waals surface area contributed by atoms with E-state index >= 15 is 0 Å². The summed E-state index contributed by atoms with van der Waals surface area (Å²) in [5.41, 5.74) is 0. The average Bonchev–Trinajstić information content (AvgIpc) is 2.57. The molecule has 0 bridgehead atoms. The predicted octanol–water partition coefficient (Wildman–Crippen LogP) is 1.93. The molecule has 1 aromatic rings. The summed E-state index contributed by atoms with van der Waals surface area (Å²) in [6.07, 6.45) is 6.50. The van der Waals surface area contributed by atoms with Crippen molar-refractivity contribution in [2.45, 2.75) is 11.8 Å². The molecule has 0 radical (unpaired) electrons. The van der Waals surface area contributed by atoms with Crippen LogP contribution in [0.15, 0.2) is 47.4 Å². The van der Waals surface area contributed by atoms with Gasteiger partial charge in [-0.25, -0.2) is 17.2 Å². The smallest absolute Gasteiger partial charge is 0.246 e. The average molecular weight is 356 g/mol. The van der Waals surface area contributed by atoms with E-state index in [1.54, 1.807) is 18.2 Å². The first-order chi connectivity index (χ1) is 11.4. The highest BCUT2D eigenvalue weighted by molar-refractivity contribution is 7.89. The summed E-state index contributed by atoms with van der Waals surface area (Å²) in [4.78, 5) is 12.7. The van der Waals surface area contributed by atoms with Gasteiger partial charge in [-0.05, 0) is 25.1 Å². The normalized spacial score (nSPS) is 17.0. The summed E-state index contributed by atoms with van der Waals surface area (Å²) in [5, 5.41) is 0. The van der Waals surface area contributed by atoms with Crippen molar-refractivity contribution in [3.8, 4) is 0 Å². The first kappa shape index (κ1) is 18.3. The number of piperazine rings is 1. The number of rotatable bonds is 4. The highest BCUT2D eigenvalue weighted by Gasteiger charge is 2.31. The van der Waals surface area contributed by atoms with Gasteiger partial charge in [0.15, 0.2) is 0 Å². The maximum absolute atomic E-state index is 13.7. The molecule has 130 valence electrons. The van der Waals surface area contributed by atoms with E-state index in [0.717, 1.165) is 16.4 Å². The predicted molar refractivity (Wildman–Crippen MR) is 85.7 cm³/mol. The van der Waals surface area contributed by atoms with Gasteiger partial charge in [0, 0.05) is 32.3 Å². The number of hydrogen-bond donors (Lipinski definition) is 0. The number of hydrogen-bond acceptors (Lipinski definition) is 3. The van der Waals surface area contributed by atoms with Gasteiger partial charge in [0.1, 0.15) is 16.5 Å². The summed E-state index contributed by atoms with van der Waals surface area (Å²) in [7, 11) is -4.13. The number of carbonyl (C=O) groups excluding carboxylic acids is 1. The molecule has 1 saturated heterocycles. The van der Waals surface area contributed by atoms with Crippen LogP contribution >= 0.6 is 0 Å². The quantitative estimate of drug-likeness (QED) is 0.612. The van der Waals surface area contributed by atoms with Crippen molar-refractivity contribution < 1.29 is 22.0 Å². The summed E-state index contributed by atoms with van der Waals surface area (Å²) >= 11 is 0. The molecule has 0 unspecified atom stereocenters. The fourth-order valence-corrected chi connectivity index (χ4v) is 3.82. The van der Waals surface area contributed by atoms with Crippen molar-refractivity contribution in [1.82, 2.24) is 9.21 Å². The van der Waals surface area contributed by atoms with Crippen LogP contribution in [0.5, 0.6) is 0 Å². The van der Waals surface area contributed by atoms with E-state index < -0.39 is 26.6 Å². The van der Waals surface area contributed by atoms with Crippen molar-refractivity contribution in [2.24, 2.45) is 0 Å². The third-order valence-electron chi connectivity index (χ3n) is 3.60. The maximum Gasteiger partial charge on any atom is 0.246 e.